The topological polar surface area (TPSA) is 92.8 Å². The minimum absolute atomic E-state index is 0.166. The lowest BCUT2D eigenvalue weighted by Crippen LogP contribution is -2.42. The van der Waals surface area contributed by atoms with E-state index in [0.717, 1.165) is 11.1 Å². The SMILES string of the molecule is COC(=O)c1ccc(OC[C@@H]2c3cc(OC)c(OC)cc3CCN2C(=O)c2ccc(OC)c(OC)c2)cc1. The third-order valence-corrected chi connectivity index (χ3v) is 6.58. The number of rotatable bonds is 9. The summed E-state index contributed by atoms with van der Waals surface area (Å²) < 4.78 is 32.7. The van der Waals surface area contributed by atoms with Crippen molar-refractivity contribution in [3.8, 4) is 28.7 Å². The maximum atomic E-state index is 13.8. The first-order valence-electron chi connectivity index (χ1n) is 12.0. The molecule has 4 rings (SSSR count). The first kappa shape index (κ1) is 26.7. The highest BCUT2D eigenvalue weighted by Crippen LogP contribution is 2.39. The highest BCUT2D eigenvalue weighted by Gasteiger charge is 2.33. The van der Waals surface area contributed by atoms with Crippen LogP contribution < -0.4 is 23.7 Å². The van der Waals surface area contributed by atoms with Crippen LogP contribution in [0, 0.1) is 0 Å². The standard InChI is InChI=1S/C29H31NO8/c1-33-24-11-8-20(15-25(24)34-2)28(31)30-13-12-19-14-26(35-3)27(36-4)16-22(19)23(30)17-38-21-9-6-18(7-10-21)29(32)37-5/h6-11,14-16,23H,12-13,17H2,1-5H3/t23-/m1/s1. The number of fused-ring (bicyclic) bond motifs is 1. The molecule has 9 heteroatoms. The fourth-order valence-corrected chi connectivity index (χ4v) is 4.57. The number of nitrogens with zero attached hydrogens (tertiary/aromatic N) is 1. The van der Waals surface area contributed by atoms with Gasteiger partial charge in [0.1, 0.15) is 12.4 Å². The minimum Gasteiger partial charge on any atom is -0.493 e. The molecule has 200 valence electrons. The first-order chi connectivity index (χ1) is 18.4. The predicted octanol–water partition coefficient (Wildman–Crippen LogP) is 4.33. The Hall–Kier alpha value is -4.40. The number of amides is 1. The Kier molecular flexibility index (Phi) is 8.25. The van der Waals surface area contributed by atoms with Crippen LogP contribution in [0.5, 0.6) is 28.7 Å². The molecular formula is C29H31NO8. The zero-order valence-corrected chi connectivity index (χ0v) is 22.1. The smallest absolute Gasteiger partial charge is 0.337 e. The van der Waals surface area contributed by atoms with E-state index in [1.165, 1.54) is 14.2 Å². The Morgan fingerprint density at radius 2 is 1.37 bits per heavy atom. The lowest BCUT2D eigenvalue weighted by Gasteiger charge is -2.37. The van der Waals surface area contributed by atoms with Gasteiger partial charge in [0.15, 0.2) is 23.0 Å². The van der Waals surface area contributed by atoms with Crippen LogP contribution in [-0.2, 0) is 11.2 Å². The van der Waals surface area contributed by atoms with E-state index in [1.807, 2.05) is 12.1 Å². The molecule has 0 saturated carbocycles. The van der Waals surface area contributed by atoms with Gasteiger partial charge in [-0.2, -0.15) is 0 Å². The van der Waals surface area contributed by atoms with Gasteiger partial charge in [0.05, 0.1) is 47.2 Å². The summed E-state index contributed by atoms with van der Waals surface area (Å²) in [6, 6.07) is 15.2. The van der Waals surface area contributed by atoms with Gasteiger partial charge in [-0.05, 0) is 72.1 Å². The van der Waals surface area contributed by atoms with Gasteiger partial charge in [-0.1, -0.05) is 0 Å². The summed E-state index contributed by atoms with van der Waals surface area (Å²) in [7, 11) is 7.59. The van der Waals surface area contributed by atoms with E-state index in [-0.39, 0.29) is 12.5 Å². The van der Waals surface area contributed by atoms with Gasteiger partial charge >= 0.3 is 5.97 Å². The molecule has 0 bridgehead atoms. The molecule has 0 spiro atoms. The van der Waals surface area contributed by atoms with Crippen molar-refractivity contribution in [3.05, 3.63) is 76.9 Å². The molecule has 0 radical (unpaired) electrons. The quantitative estimate of drug-likeness (QED) is 0.385. The summed E-state index contributed by atoms with van der Waals surface area (Å²) >= 11 is 0. The van der Waals surface area contributed by atoms with Gasteiger partial charge in [-0.3, -0.25) is 4.79 Å². The molecule has 1 aliphatic rings. The van der Waals surface area contributed by atoms with Gasteiger partial charge < -0.3 is 33.3 Å². The van der Waals surface area contributed by atoms with Crippen molar-refractivity contribution in [2.24, 2.45) is 0 Å². The Morgan fingerprint density at radius 1 is 0.763 bits per heavy atom. The van der Waals surface area contributed by atoms with Crippen LogP contribution in [-0.4, -0.2) is 65.5 Å². The first-order valence-corrected chi connectivity index (χ1v) is 12.0. The lowest BCUT2D eigenvalue weighted by molar-refractivity contribution is 0.0582. The molecular weight excluding hydrogens is 490 g/mol. The van der Waals surface area contributed by atoms with E-state index in [9.17, 15) is 9.59 Å². The van der Waals surface area contributed by atoms with Crippen LogP contribution >= 0.6 is 0 Å². The highest BCUT2D eigenvalue weighted by molar-refractivity contribution is 5.95. The summed E-state index contributed by atoms with van der Waals surface area (Å²) in [4.78, 5) is 27.4. The van der Waals surface area contributed by atoms with Crippen LogP contribution in [0.2, 0.25) is 0 Å². The molecule has 1 aliphatic heterocycles. The maximum Gasteiger partial charge on any atom is 0.337 e. The summed E-state index contributed by atoms with van der Waals surface area (Å²) in [6.45, 7) is 0.657. The van der Waals surface area contributed by atoms with Gasteiger partial charge in [0.25, 0.3) is 5.91 Å². The van der Waals surface area contributed by atoms with E-state index in [1.54, 1.807) is 68.7 Å². The van der Waals surface area contributed by atoms with Crippen molar-refractivity contribution in [3.63, 3.8) is 0 Å². The number of benzene rings is 3. The molecule has 9 nitrogen and oxygen atoms in total. The normalized spacial score (nSPS) is 14.2. The average Bonchev–Trinajstić information content (AvgIpc) is 2.97. The molecule has 3 aromatic rings. The number of hydrogen-bond donors (Lipinski definition) is 0. The van der Waals surface area contributed by atoms with Crippen molar-refractivity contribution in [2.75, 3.05) is 48.7 Å². The van der Waals surface area contributed by atoms with Crippen molar-refractivity contribution in [1.82, 2.24) is 4.90 Å². The Labute approximate surface area is 221 Å². The number of hydrogen-bond acceptors (Lipinski definition) is 8. The minimum atomic E-state index is -0.425. The number of carbonyl (C=O) groups excluding carboxylic acids is 2. The van der Waals surface area contributed by atoms with Crippen LogP contribution in [0.1, 0.15) is 37.9 Å². The number of methoxy groups -OCH3 is 5. The zero-order chi connectivity index (χ0) is 27.2. The van der Waals surface area contributed by atoms with Crippen LogP contribution in [0.15, 0.2) is 54.6 Å². The summed E-state index contributed by atoms with van der Waals surface area (Å²) in [5, 5.41) is 0. The van der Waals surface area contributed by atoms with Gasteiger partial charge in [-0.25, -0.2) is 4.79 Å². The molecule has 3 aromatic carbocycles. The van der Waals surface area contributed by atoms with E-state index in [4.69, 9.17) is 28.4 Å². The van der Waals surface area contributed by atoms with Crippen molar-refractivity contribution in [2.45, 2.75) is 12.5 Å². The second kappa shape index (κ2) is 11.8. The van der Waals surface area contributed by atoms with Crippen molar-refractivity contribution < 1.29 is 38.0 Å². The molecule has 0 fully saturated rings. The van der Waals surface area contributed by atoms with Crippen LogP contribution in [0.25, 0.3) is 0 Å². The van der Waals surface area contributed by atoms with E-state index >= 15 is 0 Å². The van der Waals surface area contributed by atoms with Gasteiger partial charge in [0, 0.05) is 12.1 Å². The largest absolute Gasteiger partial charge is 0.493 e. The predicted molar refractivity (Wildman–Crippen MR) is 140 cm³/mol. The number of esters is 1. The van der Waals surface area contributed by atoms with Crippen molar-refractivity contribution in [1.29, 1.82) is 0 Å². The molecule has 0 aliphatic carbocycles. The second-order valence-corrected chi connectivity index (χ2v) is 8.57. The Bertz CT molecular complexity index is 1300. The Balaban J connectivity index is 1.68. The molecule has 38 heavy (non-hydrogen) atoms. The zero-order valence-electron chi connectivity index (χ0n) is 22.1. The molecule has 0 aromatic heterocycles. The molecule has 0 unspecified atom stereocenters. The number of ether oxygens (including phenoxy) is 6. The van der Waals surface area contributed by atoms with Crippen LogP contribution in [0.3, 0.4) is 0 Å². The number of carbonyl (C=O) groups is 2. The van der Waals surface area contributed by atoms with Crippen molar-refractivity contribution >= 4 is 11.9 Å². The van der Waals surface area contributed by atoms with Crippen LogP contribution in [0.4, 0.5) is 0 Å². The molecule has 0 saturated heterocycles. The molecule has 1 amide bonds. The third-order valence-electron chi connectivity index (χ3n) is 6.58. The Morgan fingerprint density at radius 3 is 2.00 bits per heavy atom. The van der Waals surface area contributed by atoms with E-state index in [0.29, 0.717) is 52.8 Å². The summed E-state index contributed by atoms with van der Waals surface area (Å²) in [5.74, 6) is 2.18. The lowest BCUT2D eigenvalue weighted by atomic mass is 9.91. The fourth-order valence-electron chi connectivity index (χ4n) is 4.57. The monoisotopic (exact) mass is 521 g/mol. The fraction of sp³-hybridized carbons (Fsp3) is 0.310. The summed E-state index contributed by atoms with van der Waals surface area (Å²) in [5.41, 5.74) is 2.85. The highest BCUT2D eigenvalue weighted by atomic mass is 16.5. The summed E-state index contributed by atoms with van der Waals surface area (Å²) in [6.07, 6.45) is 0.638. The molecule has 0 N–H and O–H groups in total. The second-order valence-electron chi connectivity index (χ2n) is 8.57. The average molecular weight is 522 g/mol. The molecule has 1 atom stereocenters. The molecule has 1 heterocycles. The van der Waals surface area contributed by atoms with E-state index < -0.39 is 12.0 Å². The van der Waals surface area contributed by atoms with Gasteiger partial charge in [0.2, 0.25) is 0 Å². The van der Waals surface area contributed by atoms with E-state index in [2.05, 4.69) is 0 Å². The third kappa shape index (κ3) is 5.32. The van der Waals surface area contributed by atoms with Gasteiger partial charge in [-0.15, -0.1) is 0 Å². The maximum absolute atomic E-state index is 13.8.